The van der Waals surface area contributed by atoms with Crippen LogP contribution in [0.3, 0.4) is 0 Å². The van der Waals surface area contributed by atoms with E-state index in [1.807, 2.05) is 47.2 Å². The van der Waals surface area contributed by atoms with E-state index in [2.05, 4.69) is 5.32 Å². The molecule has 132 valence electrons. The molecule has 0 bridgehead atoms. The van der Waals surface area contributed by atoms with Gasteiger partial charge in [0, 0.05) is 30.3 Å². The topological polar surface area (TPSA) is 65.6 Å². The first-order valence-electron chi connectivity index (χ1n) is 8.26. The first-order valence-corrected chi connectivity index (χ1v) is 8.26. The maximum atomic E-state index is 12.1. The van der Waals surface area contributed by atoms with Crippen LogP contribution in [0.4, 0.5) is 0 Å². The molecule has 6 heteroatoms. The summed E-state index contributed by atoms with van der Waals surface area (Å²) in [4.78, 5) is 12.1. The van der Waals surface area contributed by atoms with Crippen molar-refractivity contribution in [3.8, 4) is 5.75 Å². The molecule has 0 radical (unpaired) electrons. The van der Waals surface area contributed by atoms with Gasteiger partial charge in [-0.2, -0.15) is 0 Å². The predicted octanol–water partition coefficient (Wildman–Crippen LogP) is 2.97. The molecule has 1 aromatic carbocycles. The maximum Gasteiger partial charge on any atom is 0.239 e. The number of nitrogens with one attached hydrogen (secondary N) is 1. The van der Waals surface area contributed by atoms with Crippen molar-refractivity contribution in [2.45, 2.75) is 19.6 Å². The van der Waals surface area contributed by atoms with Gasteiger partial charge in [0.2, 0.25) is 5.91 Å². The van der Waals surface area contributed by atoms with E-state index >= 15 is 0 Å². The number of hydrogen-bond acceptors (Lipinski definition) is 4. The molecule has 3 aromatic rings. The fourth-order valence-electron chi connectivity index (χ4n) is 2.62. The molecule has 0 aliphatic rings. The lowest BCUT2D eigenvalue weighted by molar-refractivity contribution is -0.121. The van der Waals surface area contributed by atoms with Crippen LogP contribution < -0.4 is 10.1 Å². The lowest BCUT2D eigenvalue weighted by Crippen LogP contribution is -2.28. The van der Waals surface area contributed by atoms with E-state index in [1.165, 1.54) is 0 Å². The average molecular weight is 342 g/mol. The summed E-state index contributed by atoms with van der Waals surface area (Å²) in [6.45, 7) is 1.92. The predicted molar refractivity (Wildman–Crippen MR) is 94.5 cm³/mol. The summed E-state index contributed by atoms with van der Waals surface area (Å²) in [5.74, 6) is 1.60. The zero-order valence-corrected chi connectivity index (χ0v) is 14.2. The number of carbonyl (C=O) groups is 1. The second kappa shape index (κ2) is 8.39. The number of methoxy groups -OCH3 is 1. The minimum atomic E-state index is -0.0145. The Morgan fingerprint density at radius 2 is 2.20 bits per heavy atom. The van der Waals surface area contributed by atoms with E-state index in [1.54, 1.807) is 13.4 Å². The van der Waals surface area contributed by atoms with Crippen LogP contribution in [0.25, 0.3) is 10.9 Å². The van der Waals surface area contributed by atoms with Crippen LogP contribution in [-0.2, 0) is 22.7 Å². The van der Waals surface area contributed by atoms with E-state index in [-0.39, 0.29) is 5.91 Å². The number of carbonyl (C=O) groups excluding carboxylic acids is 1. The van der Waals surface area contributed by atoms with Gasteiger partial charge in [0.1, 0.15) is 24.7 Å². The van der Waals surface area contributed by atoms with Gasteiger partial charge in [-0.15, -0.1) is 0 Å². The van der Waals surface area contributed by atoms with Crippen molar-refractivity contribution in [3.63, 3.8) is 0 Å². The highest BCUT2D eigenvalue weighted by Gasteiger charge is 2.07. The molecule has 0 aliphatic heterocycles. The van der Waals surface area contributed by atoms with Crippen molar-refractivity contribution in [2.75, 3.05) is 20.3 Å². The van der Waals surface area contributed by atoms with Crippen LogP contribution in [0.5, 0.6) is 5.75 Å². The van der Waals surface area contributed by atoms with Crippen LogP contribution in [0, 0.1) is 0 Å². The zero-order valence-electron chi connectivity index (χ0n) is 14.2. The molecule has 3 rings (SSSR count). The molecule has 6 nitrogen and oxygen atoms in total. The molecular weight excluding hydrogens is 320 g/mol. The Labute approximate surface area is 146 Å². The number of benzene rings is 1. The first-order chi connectivity index (χ1) is 12.3. The SMILES string of the molecule is COc1ccc2c(ccn2CC(=O)NCCCOCc2ccco2)c1. The fourth-order valence-corrected chi connectivity index (χ4v) is 2.62. The second-order valence-corrected chi connectivity index (χ2v) is 5.70. The van der Waals surface area contributed by atoms with E-state index in [0.717, 1.165) is 28.8 Å². The molecule has 25 heavy (non-hydrogen) atoms. The molecule has 0 spiro atoms. The number of aromatic nitrogens is 1. The number of ether oxygens (including phenoxy) is 2. The van der Waals surface area contributed by atoms with Gasteiger partial charge in [-0.05, 0) is 42.8 Å². The lowest BCUT2D eigenvalue weighted by atomic mass is 10.2. The molecule has 1 amide bonds. The number of hydrogen-bond donors (Lipinski definition) is 1. The summed E-state index contributed by atoms with van der Waals surface area (Å²) in [5.41, 5.74) is 1.01. The number of furan rings is 1. The highest BCUT2D eigenvalue weighted by molar-refractivity contribution is 5.84. The molecule has 0 fully saturated rings. The minimum Gasteiger partial charge on any atom is -0.497 e. The highest BCUT2D eigenvalue weighted by Crippen LogP contribution is 2.21. The molecule has 1 N–H and O–H groups in total. The second-order valence-electron chi connectivity index (χ2n) is 5.70. The third-order valence-corrected chi connectivity index (χ3v) is 3.90. The normalized spacial score (nSPS) is 10.9. The van der Waals surface area contributed by atoms with Crippen molar-refractivity contribution in [1.29, 1.82) is 0 Å². The average Bonchev–Trinajstić information content (AvgIpc) is 3.27. The minimum absolute atomic E-state index is 0.0145. The van der Waals surface area contributed by atoms with Crippen molar-refractivity contribution < 1.29 is 18.7 Å². The number of fused-ring (bicyclic) bond motifs is 1. The Bertz CT molecular complexity index is 808. The Balaban J connectivity index is 1.39. The van der Waals surface area contributed by atoms with Crippen molar-refractivity contribution >= 4 is 16.8 Å². The van der Waals surface area contributed by atoms with Gasteiger partial charge in [-0.3, -0.25) is 4.79 Å². The molecule has 0 saturated heterocycles. The fraction of sp³-hybridized carbons (Fsp3) is 0.316. The number of amides is 1. The van der Waals surface area contributed by atoms with Gasteiger partial charge in [0.05, 0.1) is 13.4 Å². The van der Waals surface area contributed by atoms with E-state index in [0.29, 0.717) is 26.3 Å². The monoisotopic (exact) mass is 342 g/mol. The van der Waals surface area contributed by atoms with Crippen molar-refractivity contribution in [1.82, 2.24) is 9.88 Å². The molecule has 0 atom stereocenters. The molecular formula is C19H22N2O4. The van der Waals surface area contributed by atoms with Crippen LogP contribution in [0.1, 0.15) is 12.2 Å². The van der Waals surface area contributed by atoms with Crippen LogP contribution >= 0.6 is 0 Å². The van der Waals surface area contributed by atoms with Gasteiger partial charge in [0.25, 0.3) is 0 Å². The van der Waals surface area contributed by atoms with Crippen molar-refractivity contribution in [3.05, 3.63) is 54.6 Å². The van der Waals surface area contributed by atoms with Gasteiger partial charge in [-0.25, -0.2) is 0 Å². The largest absolute Gasteiger partial charge is 0.497 e. The Kier molecular flexibility index (Phi) is 5.74. The number of nitrogens with zero attached hydrogens (tertiary/aromatic N) is 1. The van der Waals surface area contributed by atoms with Crippen LogP contribution in [-0.4, -0.2) is 30.7 Å². The summed E-state index contributed by atoms with van der Waals surface area (Å²) in [5, 5.41) is 3.97. The molecule has 0 saturated carbocycles. The smallest absolute Gasteiger partial charge is 0.239 e. The Morgan fingerprint density at radius 1 is 1.28 bits per heavy atom. The Morgan fingerprint density at radius 3 is 3.00 bits per heavy atom. The summed E-state index contributed by atoms with van der Waals surface area (Å²) >= 11 is 0. The third-order valence-electron chi connectivity index (χ3n) is 3.90. The first kappa shape index (κ1) is 17.1. The molecule has 2 heterocycles. The van der Waals surface area contributed by atoms with Gasteiger partial charge in [-0.1, -0.05) is 0 Å². The van der Waals surface area contributed by atoms with Gasteiger partial charge >= 0.3 is 0 Å². The zero-order chi connectivity index (χ0) is 17.5. The molecule has 2 aromatic heterocycles. The van der Waals surface area contributed by atoms with E-state index in [4.69, 9.17) is 13.9 Å². The van der Waals surface area contributed by atoms with Gasteiger partial charge in [0.15, 0.2) is 0 Å². The van der Waals surface area contributed by atoms with Crippen LogP contribution in [0.15, 0.2) is 53.3 Å². The lowest BCUT2D eigenvalue weighted by Gasteiger charge is -2.08. The molecule has 0 aliphatic carbocycles. The van der Waals surface area contributed by atoms with Crippen LogP contribution in [0.2, 0.25) is 0 Å². The number of rotatable bonds is 9. The summed E-state index contributed by atoms with van der Waals surface area (Å²) in [6.07, 6.45) is 4.30. The quantitative estimate of drug-likeness (QED) is 0.607. The van der Waals surface area contributed by atoms with Crippen molar-refractivity contribution in [2.24, 2.45) is 0 Å². The third kappa shape index (κ3) is 4.64. The van der Waals surface area contributed by atoms with E-state index < -0.39 is 0 Å². The summed E-state index contributed by atoms with van der Waals surface area (Å²) in [6, 6.07) is 11.5. The summed E-state index contributed by atoms with van der Waals surface area (Å²) in [7, 11) is 1.64. The summed E-state index contributed by atoms with van der Waals surface area (Å²) < 4.78 is 17.8. The standard InChI is InChI=1S/C19H22N2O4/c1-23-16-5-6-18-15(12-16)7-9-21(18)13-19(22)20-8-3-10-24-14-17-4-2-11-25-17/h2,4-7,9,11-12H,3,8,10,13-14H2,1H3,(H,20,22). The Hall–Kier alpha value is -2.73. The molecule has 0 unspecified atom stereocenters. The highest BCUT2D eigenvalue weighted by atomic mass is 16.5. The van der Waals surface area contributed by atoms with Gasteiger partial charge < -0.3 is 23.8 Å². The van der Waals surface area contributed by atoms with E-state index in [9.17, 15) is 4.79 Å². The maximum absolute atomic E-state index is 12.1.